The lowest BCUT2D eigenvalue weighted by atomic mass is 10.1. The minimum Gasteiger partial charge on any atom is -0.361 e. The van der Waals surface area contributed by atoms with Gasteiger partial charge in [-0.3, -0.25) is 9.80 Å². The molecule has 134 valence electrons. The van der Waals surface area contributed by atoms with Crippen molar-refractivity contribution in [2.75, 3.05) is 19.6 Å². The highest BCUT2D eigenvalue weighted by Crippen LogP contribution is 2.40. The molecule has 2 fully saturated rings. The minimum absolute atomic E-state index is 0.299. The van der Waals surface area contributed by atoms with E-state index in [-0.39, 0.29) is 0 Å². The minimum atomic E-state index is -0.530. The van der Waals surface area contributed by atoms with Gasteiger partial charge in [-0.05, 0) is 25.8 Å². The molecule has 2 heterocycles. The second kappa shape index (κ2) is 6.84. The van der Waals surface area contributed by atoms with Crippen LogP contribution in [-0.4, -0.2) is 40.6 Å². The first kappa shape index (κ1) is 16.7. The first-order valence-electron chi connectivity index (χ1n) is 8.94. The first-order valence-corrected chi connectivity index (χ1v) is 8.94. The van der Waals surface area contributed by atoms with Crippen LogP contribution in [0, 0.1) is 11.6 Å². The Morgan fingerprint density at radius 2 is 2.00 bits per heavy atom. The lowest BCUT2D eigenvalue weighted by Gasteiger charge is -2.39. The summed E-state index contributed by atoms with van der Waals surface area (Å²) >= 11 is 0. The van der Waals surface area contributed by atoms with Gasteiger partial charge < -0.3 is 4.52 Å². The fraction of sp³-hybridized carbons (Fsp3) is 0.526. The summed E-state index contributed by atoms with van der Waals surface area (Å²) in [4.78, 5) is 4.60. The monoisotopic (exact) mass is 347 g/mol. The maximum Gasteiger partial charge on any atom is 0.140 e. The molecule has 25 heavy (non-hydrogen) atoms. The molecule has 0 bridgehead atoms. The zero-order valence-corrected chi connectivity index (χ0v) is 14.4. The van der Waals surface area contributed by atoms with E-state index in [1.165, 1.54) is 18.9 Å². The fourth-order valence-electron chi connectivity index (χ4n) is 3.51. The molecule has 1 atom stereocenters. The van der Waals surface area contributed by atoms with Gasteiger partial charge in [-0.2, -0.15) is 0 Å². The van der Waals surface area contributed by atoms with Gasteiger partial charge >= 0.3 is 0 Å². The van der Waals surface area contributed by atoms with E-state index < -0.39 is 11.6 Å². The Morgan fingerprint density at radius 3 is 2.72 bits per heavy atom. The van der Waals surface area contributed by atoms with Gasteiger partial charge in [0.25, 0.3) is 0 Å². The summed E-state index contributed by atoms with van der Waals surface area (Å²) in [5, 5.41) is 4.19. The van der Waals surface area contributed by atoms with Gasteiger partial charge in [0.05, 0.1) is 5.69 Å². The average Bonchev–Trinajstić information content (AvgIpc) is 3.32. The van der Waals surface area contributed by atoms with Gasteiger partial charge in [0.15, 0.2) is 0 Å². The maximum absolute atomic E-state index is 13.9. The summed E-state index contributed by atoms with van der Waals surface area (Å²) in [7, 11) is 0. The maximum atomic E-state index is 13.9. The highest BCUT2D eigenvalue weighted by atomic mass is 19.1. The third-order valence-corrected chi connectivity index (χ3v) is 5.18. The largest absolute Gasteiger partial charge is 0.361 e. The molecule has 0 spiro atoms. The van der Waals surface area contributed by atoms with Crippen molar-refractivity contribution in [1.29, 1.82) is 0 Å². The molecular weight excluding hydrogens is 324 g/mol. The molecule has 1 aromatic carbocycles. The molecular formula is C19H23F2N3O. The van der Waals surface area contributed by atoms with Crippen molar-refractivity contribution < 1.29 is 13.3 Å². The summed E-state index contributed by atoms with van der Waals surface area (Å²) in [5.74, 6) is 0.609. The van der Waals surface area contributed by atoms with Crippen LogP contribution in [0.25, 0.3) is 0 Å². The van der Waals surface area contributed by atoms with Crippen LogP contribution in [0.5, 0.6) is 0 Å². The van der Waals surface area contributed by atoms with Crippen molar-refractivity contribution in [3.8, 4) is 0 Å². The number of rotatable bonds is 5. The Balaban J connectivity index is 1.33. The zero-order chi connectivity index (χ0) is 17.4. The van der Waals surface area contributed by atoms with E-state index in [2.05, 4.69) is 27.9 Å². The molecule has 1 unspecified atom stereocenters. The smallest absolute Gasteiger partial charge is 0.140 e. The predicted octanol–water partition coefficient (Wildman–Crippen LogP) is 3.54. The Labute approximate surface area is 146 Å². The van der Waals surface area contributed by atoms with Gasteiger partial charge in [0.2, 0.25) is 0 Å². The predicted molar refractivity (Wildman–Crippen MR) is 90.0 cm³/mol. The summed E-state index contributed by atoms with van der Waals surface area (Å²) in [6.07, 6.45) is 2.43. The SMILES string of the molecule is CC1CN(Cc2cc(C3CC3)on2)CCN1Cc1ccc(F)cc1F. The normalized spacial score (nSPS) is 22.4. The summed E-state index contributed by atoms with van der Waals surface area (Å²) < 4.78 is 32.3. The van der Waals surface area contributed by atoms with E-state index in [4.69, 9.17) is 4.52 Å². The lowest BCUT2D eigenvalue weighted by Crippen LogP contribution is -2.51. The van der Waals surface area contributed by atoms with Crippen molar-refractivity contribution >= 4 is 0 Å². The summed E-state index contributed by atoms with van der Waals surface area (Å²) in [6.45, 7) is 6.10. The van der Waals surface area contributed by atoms with E-state index in [1.807, 2.05) is 0 Å². The number of piperazine rings is 1. The van der Waals surface area contributed by atoms with Crippen LogP contribution in [0.1, 0.15) is 42.7 Å². The molecule has 4 rings (SSSR count). The van der Waals surface area contributed by atoms with Gasteiger partial charge in [0.1, 0.15) is 17.4 Å². The van der Waals surface area contributed by atoms with E-state index in [1.54, 1.807) is 6.07 Å². The highest BCUT2D eigenvalue weighted by molar-refractivity contribution is 5.19. The quantitative estimate of drug-likeness (QED) is 0.828. The molecule has 1 saturated heterocycles. The molecule has 1 saturated carbocycles. The van der Waals surface area contributed by atoms with Gasteiger partial charge in [-0.25, -0.2) is 8.78 Å². The van der Waals surface area contributed by atoms with Crippen LogP contribution >= 0.6 is 0 Å². The van der Waals surface area contributed by atoms with Crippen LogP contribution in [0.3, 0.4) is 0 Å². The summed E-state index contributed by atoms with van der Waals surface area (Å²) in [6, 6.07) is 6.20. The van der Waals surface area contributed by atoms with Crippen molar-refractivity contribution in [1.82, 2.24) is 15.0 Å². The fourth-order valence-corrected chi connectivity index (χ4v) is 3.51. The second-order valence-electron chi connectivity index (χ2n) is 7.29. The second-order valence-corrected chi connectivity index (χ2v) is 7.29. The molecule has 2 aromatic rings. The van der Waals surface area contributed by atoms with Crippen molar-refractivity contribution in [2.45, 2.75) is 44.8 Å². The number of halogens is 2. The van der Waals surface area contributed by atoms with Crippen LogP contribution in [0.2, 0.25) is 0 Å². The molecule has 1 aromatic heterocycles. The molecule has 4 nitrogen and oxygen atoms in total. The summed E-state index contributed by atoms with van der Waals surface area (Å²) in [5.41, 5.74) is 1.54. The van der Waals surface area contributed by atoms with Crippen LogP contribution in [0.4, 0.5) is 8.78 Å². The van der Waals surface area contributed by atoms with E-state index in [0.29, 0.717) is 24.1 Å². The van der Waals surface area contributed by atoms with Crippen molar-refractivity contribution in [2.24, 2.45) is 0 Å². The molecule has 1 aliphatic heterocycles. The number of hydrogen-bond donors (Lipinski definition) is 0. The lowest BCUT2D eigenvalue weighted by molar-refractivity contribution is 0.0711. The zero-order valence-electron chi connectivity index (χ0n) is 14.4. The number of nitrogens with zero attached hydrogens (tertiary/aromatic N) is 3. The molecule has 1 aliphatic carbocycles. The topological polar surface area (TPSA) is 32.5 Å². The molecule has 2 aliphatic rings. The van der Waals surface area contributed by atoms with Crippen LogP contribution in [-0.2, 0) is 13.1 Å². The van der Waals surface area contributed by atoms with E-state index in [0.717, 1.165) is 43.7 Å². The Hall–Kier alpha value is -1.79. The number of benzene rings is 1. The van der Waals surface area contributed by atoms with Crippen LogP contribution in [0.15, 0.2) is 28.8 Å². The Morgan fingerprint density at radius 1 is 1.16 bits per heavy atom. The van der Waals surface area contributed by atoms with Gasteiger partial charge in [0, 0.05) is 62.4 Å². The van der Waals surface area contributed by atoms with E-state index >= 15 is 0 Å². The van der Waals surface area contributed by atoms with Crippen molar-refractivity contribution in [3.63, 3.8) is 0 Å². The molecule has 0 N–H and O–H groups in total. The first-order chi connectivity index (χ1) is 12.1. The third kappa shape index (κ3) is 3.90. The molecule has 0 radical (unpaired) electrons. The number of aromatic nitrogens is 1. The van der Waals surface area contributed by atoms with Crippen molar-refractivity contribution in [3.05, 3.63) is 52.9 Å². The highest BCUT2D eigenvalue weighted by Gasteiger charge is 2.29. The molecule has 0 amide bonds. The van der Waals surface area contributed by atoms with Gasteiger partial charge in [-0.1, -0.05) is 11.2 Å². The molecule has 6 heteroatoms. The van der Waals surface area contributed by atoms with Gasteiger partial charge in [-0.15, -0.1) is 0 Å². The van der Waals surface area contributed by atoms with Crippen LogP contribution < -0.4 is 0 Å². The standard InChI is InChI=1S/C19H23F2N3O/c1-13-10-23(12-17-9-19(25-22-17)14-2-3-14)6-7-24(13)11-15-4-5-16(20)8-18(15)21/h4-5,8-9,13-14H,2-3,6-7,10-12H2,1H3. The Kier molecular flexibility index (Phi) is 4.56. The average molecular weight is 347 g/mol. The number of hydrogen-bond acceptors (Lipinski definition) is 4. The van der Waals surface area contributed by atoms with E-state index in [9.17, 15) is 8.78 Å². The third-order valence-electron chi connectivity index (χ3n) is 5.18. The Bertz CT molecular complexity index is 744.